The van der Waals surface area contributed by atoms with E-state index in [1.807, 2.05) is 24.3 Å². The Bertz CT molecular complexity index is 753. The molecule has 100 valence electrons. The Balaban J connectivity index is 1.98. The van der Waals surface area contributed by atoms with Crippen LogP contribution in [0.15, 0.2) is 47.2 Å². The van der Waals surface area contributed by atoms with Gasteiger partial charge in [0.05, 0.1) is 0 Å². The molecule has 6 heteroatoms. The van der Waals surface area contributed by atoms with Crippen molar-refractivity contribution in [2.24, 2.45) is 0 Å². The maximum Gasteiger partial charge on any atom is 0.339 e. The van der Waals surface area contributed by atoms with E-state index < -0.39 is 5.97 Å². The van der Waals surface area contributed by atoms with Crippen molar-refractivity contribution in [2.45, 2.75) is 6.61 Å². The molecule has 0 spiro atoms. The van der Waals surface area contributed by atoms with Gasteiger partial charge in [-0.1, -0.05) is 29.4 Å². The van der Waals surface area contributed by atoms with Crippen LogP contribution in [0.1, 0.15) is 16.2 Å². The van der Waals surface area contributed by atoms with Crippen LogP contribution in [0.2, 0.25) is 0 Å². The monoisotopic (exact) mass is 270 g/mol. The minimum absolute atomic E-state index is 0.0264. The number of rotatable bonds is 4. The Morgan fingerprint density at radius 1 is 1.25 bits per heavy atom. The number of hydrogen-bond donors (Lipinski definition) is 1. The molecule has 6 nitrogen and oxygen atoms in total. The second-order valence-electron chi connectivity index (χ2n) is 4.12. The molecular weight excluding hydrogens is 260 g/mol. The zero-order valence-corrected chi connectivity index (χ0v) is 10.3. The summed E-state index contributed by atoms with van der Waals surface area (Å²) < 4.78 is 10.3. The number of aromatic nitrogens is 2. The third-order valence-electron chi connectivity index (χ3n) is 2.84. The zero-order valence-electron chi connectivity index (χ0n) is 10.3. The molecule has 1 N–H and O–H groups in total. The van der Waals surface area contributed by atoms with Crippen LogP contribution in [-0.4, -0.2) is 21.2 Å². The van der Waals surface area contributed by atoms with E-state index in [1.54, 1.807) is 12.1 Å². The summed E-state index contributed by atoms with van der Waals surface area (Å²) in [5, 5.41) is 14.5. The highest BCUT2D eigenvalue weighted by Gasteiger charge is 2.14. The zero-order chi connectivity index (χ0) is 13.9. The topological polar surface area (TPSA) is 85.5 Å². The second kappa shape index (κ2) is 5.00. The number of carboxylic acid groups (broad SMARTS) is 1. The van der Waals surface area contributed by atoms with Crippen LogP contribution in [0.25, 0.3) is 10.8 Å². The normalized spacial score (nSPS) is 10.6. The van der Waals surface area contributed by atoms with Crippen LogP contribution >= 0.6 is 0 Å². The van der Waals surface area contributed by atoms with E-state index in [0.717, 1.165) is 10.8 Å². The Morgan fingerprint density at radius 3 is 2.65 bits per heavy atom. The number of fused-ring (bicyclic) bond motifs is 1. The molecular formula is C14H10N2O4. The summed E-state index contributed by atoms with van der Waals surface area (Å²) in [6.07, 6.45) is 1.26. The molecule has 0 aliphatic carbocycles. The van der Waals surface area contributed by atoms with Gasteiger partial charge in [0.2, 0.25) is 0 Å². The first-order chi connectivity index (χ1) is 9.74. The highest BCUT2D eigenvalue weighted by molar-refractivity contribution is 5.97. The van der Waals surface area contributed by atoms with Gasteiger partial charge in [-0.3, -0.25) is 0 Å². The average molecular weight is 270 g/mol. The Morgan fingerprint density at radius 2 is 2.00 bits per heavy atom. The molecule has 0 atom stereocenters. The summed E-state index contributed by atoms with van der Waals surface area (Å²) in [7, 11) is 0. The largest absolute Gasteiger partial charge is 0.483 e. The molecule has 0 fully saturated rings. The highest BCUT2D eigenvalue weighted by atomic mass is 16.5. The van der Waals surface area contributed by atoms with Crippen molar-refractivity contribution < 1.29 is 19.2 Å². The van der Waals surface area contributed by atoms with Crippen LogP contribution in [0.5, 0.6) is 5.75 Å². The first-order valence-electron chi connectivity index (χ1n) is 5.88. The lowest BCUT2D eigenvalue weighted by atomic mass is 10.1. The van der Waals surface area contributed by atoms with Crippen LogP contribution in [0.4, 0.5) is 0 Å². The van der Waals surface area contributed by atoms with Crippen molar-refractivity contribution in [3.8, 4) is 5.75 Å². The summed E-state index contributed by atoms with van der Waals surface area (Å²) in [5.74, 6) is -0.486. The maximum atomic E-state index is 11.3. The number of aromatic carboxylic acids is 1. The van der Waals surface area contributed by atoms with Crippen molar-refractivity contribution >= 4 is 16.7 Å². The van der Waals surface area contributed by atoms with E-state index in [4.69, 9.17) is 9.26 Å². The van der Waals surface area contributed by atoms with Crippen LogP contribution in [-0.2, 0) is 6.61 Å². The van der Waals surface area contributed by atoms with E-state index in [0.29, 0.717) is 0 Å². The van der Waals surface area contributed by atoms with Gasteiger partial charge in [0.25, 0.3) is 5.89 Å². The van der Waals surface area contributed by atoms with Crippen molar-refractivity contribution in [3.63, 3.8) is 0 Å². The third-order valence-corrected chi connectivity index (χ3v) is 2.84. The van der Waals surface area contributed by atoms with E-state index >= 15 is 0 Å². The number of hydrogen-bond acceptors (Lipinski definition) is 5. The van der Waals surface area contributed by atoms with Gasteiger partial charge in [0, 0.05) is 0 Å². The molecule has 0 radical (unpaired) electrons. The molecule has 0 amide bonds. The lowest BCUT2D eigenvalue weighted by Gasteiger charge is -2.09. The molecule has 20 heavy (non-hydrogen) atoms. The predicted molar refractivity (Wildman–Crippen MR) is 69.5 cm³/mol. The molecule has 0 saturated carbocycles. The quantitative estimate of drug-likeness (QED) is 0.783. The van der Waals surface area contributed by atoms with Crippen molar-refractivity contribution in [2.75, 3.05) is 0 Å². The van der Waals surface area contributed by atoms with E-state index in [9.17, 15) is 9.90 Å². The van der Waals surface area contributed by atoms with Crippen molar-refractivity contribution in [1.82, 2.24) is 10.1 Å². The standard InChI is InChI=1S/C14H10N2O4/c17-14(18)11-5-9-3-1-2-4-10(9)6-12(11)19-7-13-15-8-16-20-13/h1-6,8H,7H2,(H,17,18). The van der Waals surface area contributed by atoms with Crippen LogP contribution in [0.3, 0.4) is 0 Å². The smallest absolute Gasteiger partial charge is 0.339 e. The van der Waals surface area contributed by atoms with Gasteiger partial charge in [0.15, 0.2) is 12.9 Å². The van der Waals surface area contributed by atoms with E-state index in [2.05, 4.69) is 10.1 Å². The number of carbonyl (C=O) groups is 1. The lowest BCUT2D eigenvalue weighted by Crippen LogP contribution is -2.03. The summed E-state index contributed by atoms with van der Waals surface area (Å²) >= 11 is 0. The molecule has 0 saturated heterocycles. The summed E-state index contributed by atoms with van der Waals surface area (Å²) in [6, 6.07) is 10.7. The number of carboxylic acids is 1. The van der Waals surface area contributed by atoms with Gasteiger partial charge in [-0.2, -0.15) is 4.98 Å². The minimum atomic E-state index is -1.05. The second-order valence-corrected chi connectivity index (χ2v) is 4.12. The molecule has 0 aliphatic heterocycles. The summed E-state index contributed by atoms with van der Waals surface area (Å²) in [4.78, 5) is 15.1. The number of nitrogens with zero attached hydrogens (tertiary/aromatic N) is 2. The van der Waals surface area contributed by atoms with E-state index in [1.165, 1.54) is 6.33 Å². The predicted octanol–water partition coefficient (Wildman–Crippen LogP) is 2.50. The Kier molecular flexibility index (Phi) is 3.04. The van der Waals surface area contributed by atoms with Crippen molar-refractivity contribution in [1.29, 1.82) is 0 Å². The minimum Gasteiger partial charge on any atom is -0.483 e. The van der Waals surface area contributed by atoms with Gasteiger partial charge >= 0.3 is 5.97 Å². The Hall–Kier alpha value is -2.89. The molecule has 0 unspecified atom stereocenters. The maximum absolute atomic E-state index is 11.3. The summed E-state index contributed by atoms with van der Waals surface area (Å²) in [6.45, 7) is 0.0264. The molecule has 0 bridgehead atoms. The first-order valence-corrected chi connectivity index (χ1v) is 5.88. The fraction of sp³-hybridized carbons (Fsp3) is 0.0714. The molecule has 3 rings (SSSR count). The van der Waals surface area contributed by atoms with Gasteiger partial charge < -0.3 is 14.4 Å². The molecule has 0 aliphatic rings. The fourth-order valence-electron chi connectivity index (χ4n) is 1.91. The molecule has 1 aromatic heterocycles. The Labute approximate surface area is 113 Å². The van der Waals surface area contributed by atoms with Crippen LogP contribution in [0, 0.1) is 0 Å². The number of benzene rings is 2. The lowest BCUT2D eigenvalue weighted by molar-refractivity contribution is 0.0691. The van der Waals surface area contributed by atoms with Crippen LogP contribution < -0.4 is 4.74 Å². The van der Waals surface area contributed by atoms with Gasteiger partial charge in [-0.15, -0.1) is 0 Å². The van der Waals surface area contributed by atoms with Gasteiger partial charge in [-0.25, -0.2) is 4.79 Å². The fourth-order valence-corrected chi connectivity index (χ4v) is 1.91. The van der Waals surface area contributed by atoms with E-state index in [-0.39, 0.29) is 23.8 Å². The molecule has 3 aromatic rings. The average Bonchev–Trinajstić information content (AvgIpc) is 2.97. The molecule has 2 aromatic carbocycles. The highest BCUT2D eigenvalue weighted by Crippen LogP contribution is 2.26. The SMILES string of the molecule is O=C(O)c1cc2ccccc2cc1OCc1ncno1. The van der Waals surface area contributed by atoms with Gasteiger partial charge in [0.1, 0.15) is 11.3 Å². The number of ether oxygens (including phenoxy) is 1. The first kappa shape index (κ1) is 12.2. The summed E-state index contributed by atoms with van der Waals surface area (Å²) in [5.41, 5.74) is 0.100. The van der Waals surface area contributed by atoms with Gasteiger partial charge in [-0.05, 0) is 22.9 Å². The molecule has 1 heterocycles. The van der Waals surface area contributed by atoms with Crippen molar-refractivity contribution in [3.05, 3.63) is 54.2 Å². The third kappa shape index (κ3) is 2.31.